The molecule has 0 unspecified atom stereocenters. The summed E-state index contributed by atoms with van der Waals surface area (Å²) in [5.41, 5.74) is 7.46. The SMILES string of the molecule is CCOc1cccc(Nc2c(N)cccc2C(=O)O)c1. The number of carboxylic acids is 1. The molecule has 2 aromatic rings. The Balaban J connectivity index is 2.34. The summed E-state index contributed by atoms with van der Waals surface area (Å²) in [7, 11) is 0. The summed E-state index contributed by atoms with van der Waals surface area (Å²) in [5.74, 6) is -0.315. The lowest BCUT2D eigenvalue weighted by molar-refractivity contribution is 0.0698. The van der Waals surface area contributed by atoms with Crippen molar-refractivity contribution in [2.45, 2.75) is 6.92 Å². The second kappa shape index (κ2) is 5.97. The van der Waals surface area contributed by atoms with Crippen LogP contribution in [0.25, 0.3) is 0 Å². The third-order valence-corrected chi connectivity index (χ3v) is 2.74. The second-order valence-electron chi connectivity index (χ2n) is 4.16. The number of nitrogen functional groups attached to an aromatic ring is 1. The highest BCUT2D eigenvalue weighted by atomic mass is 16.5. The molecular weight excluding hydrogens is 256 g/mol. The molecule has 4 N–H and O–H groups in total. The van der Waals surface area contributed by atoms with Crippen molar-refractivity contribution < 1.29 is 14.6 Å². The van der Waals surface area contributed by atoms with Crippen molar-refractivity contribution in [3.63, 3.8) is 0 Å². The Kier molecular flexibility index (Phi) is 4.10. The van der Waals surface area contributed by atoms with Crippen LogP contribution in [0.4, 0.5) is 17.1 Å². The predicted octanol–water partition coefficient (Wildman–Crippen LogP) is 3.11. The Morgan fingerprint density at radius 1 is 1.30 bits per heavy atom. The van der Waals surface area contributed by atoms with Gasteiger partial charge in [-0.3, -0.25) is 0 Å². The molecule has 20 heavy (non-hydrogen) atoms. The fourth-order valence-electron chi connectivity index (χ4n) is 1.86. The van der Waals surface area contributed by atoms with Crippen LogP contribution < -0.4 is 15.8 Å². The van der Waals surface area contributed by atoms with Gasteiger partial charge in [0.15, 0.2) is 0 Å². The van der Waals surface area contributed by atoms with Crippen LogP contribution in [0.15, 0.2) is 42.5 Å². The standard InChI is InChI=1S/C15H16N2O3/c1-2-20-11-6-3-5-10(9-11)17-14-12(15(18)19)7-4-8-13(14)16/h3-9,17H,2,16H2,1H3,(H,18,19). The highest BCUT2D eigenvalue weighted by Crippen LogP contribution is 2.28. The van der Waals surface area contributed by atoms with Crippen molar-refractivity contribution in [1.29, 1.82) is 0 Å². The van der Waals surface area contributed by atoms with E-state index in [2.05, 4.69) is 5.32 Å². The molecule has 2 rings (SSSR count). The number of anilines is 3. The van der Waals surface area contributed by atoms with Crippen LogP contribution in [0, 0.1) is 0 Å². The predicted molar refractivity (Wildman–Crippen MR) is 78.7 cm³/mol. The molecule has 104 valence electrons. The van der Waals surface area contributed by atoms with E-state index in [4.69, 9.17) is 10.5 Å². The van der Waals surface area contributed by atoms with E-state index in [0.29, 0.717) is 23.7 Å². The quantitative estimate of drug-likeness (QED) is 0.728. The van der Waals surface area contributed by atoms with E-state index in [-0.39, 0.29) is 5.56 Å². The van der Waals surface area contributed by atoms with Crippen LogP contribution in [-0.4, -0.2) is 17.7 Å². The maximum Gasteiger partial charge on any atom is 0.337 e. The van der Waals surface area contributed by atoms with Gasteiger partial charge in [0.2, 0.25) is 0 Å². The van der Waals surface area contributed by atoms with Gasteiger partial charge in [0, 0.05) is 11.8 Å². The molecule has 0 aliphatic rings. The average molecular weight is 272 g/mol. The van der Waals surface area contributed by atoms with Crippen LogP contribution in [0.2, 0.25) is 0 Å². The van der Waals surface area contributed by atoms with Crippen LogP contribution in [-0.2, 0) is 0 Å². The van der Waals surface area contributed by atoms with Crippen LogP contribution in [0.3, 0.4) is 0 Å². The summed E-state index contributed by atoms with van der Waals surface area (Å²) in [4.78, 5) is 11.2. The normalized spacial score (nSPS) is 10.1. The topological polar surface area (TPSA) is 84.6 Å². The van der Waals surface area contributed by atoms with E-state index in [1.54, 1.807) is 18.2 Å². The largest absolute Gasteiger partial charge is 0.494 e. The molecule has 0 heterocycles. The Morgan fingerprint density at radius 3 is 2.75 bits per heavy atom. The number of benzene rings is 2. The van der Waals surface area contributed by atoms with Crippen molar-refractivity contribution >= 4 is 23.0 Å². The van der Waals surface area contributed by atoms with E-state index < -0.39 is 5.97 Å². The van der Waals surface area contributed by atoms with Gasteiger partial charge in [0.1, 0.15) is 5.75 Å². The molecular formula is C15H16N2O3. The maximum absolute atomic E-state index is 11.2. The first kappa shape index (κ1) is 13.7. The Bertz CT molecular complexity index is 626. The summed E-state index contributed by atoms with van der Waals surface area (Å²) >= 11 is 0. The zero-order valence-corrected chi connectivity index (χ0v) is 11.1. The zero-order valence-electron chi connectivity index (χ0n) is 11.1. The monoisotopic (exact) mass is 272 g/mol. The summed E-state index contributed by atoms with van der Waals surface area (Å²) in [6.45, 7) is 2.47. The van der Waals surface area contributed by atoms with Crippen molar-refractivity contribution in [2.24, 2.45) is 0 Å². The molecule has 5 nitrogen and oxygen atoms in total. The van der Waals surface area contributed by atoms with Gasteiger partial charge >= 0.3 is 5.97 Å². The molecule has 0 aliphatic carbocycles. The van der Waals surface area contributed by atoms with E-state index >= 15 is 0 Å². The molecule has 0 saturated heterocycles. The maximum atomic E-state index is 11.2. The summed E-state index contributed by atoms with van der Waals surface area (Å²) in [6.07, 6.45) is 0. The molecule has 0 spiro atoms. The minimum Gasteiger partial charge on any atom is -0.494 e. The van der Waals surface area contributed by atoms with Crippen molar-refractivity contribution in [2.75, 3.05) is 17.7 Å². The van der Waals surface area contributed by atoms with Crippen LogP contribution >= 0.6 is 0 Å². The van der Waals surface area contributed by atoms with Gasteiger partial charge in [0.05, 0.1) is 23.5 Å². The number of carboxylic acid groups (broad SMARTS) is 1. The van der Waals surface area contributed by atoms with Crippen molar-refractivity contribution in [1.82, 2.24) is 0 Å². The molecule has 0 saturated carbocycles. The van der Waals surface area contributed by atoms with Gasteiger partial charge in [-0.15, -0.1) is 0 Å². The number of nitrogens with one attached hydrogen (secondary N) is 1. The highest BCUT2D eigenvalue weighted by molar-refractivity contribution is 5.98. The van der Waals surface area contributed by atoms with Crippen LogP contribution in [0.1, 0.15) is 17.3 Å². The Morgan fingerprint density at radius 2 is 2.05 bits per heavy atom. The molecule has 0 bridgehead atoms. The number of para-hydroxylation sites is 1. The lowest BCUT2D eigenvalue weighted by Crippen LogP contribution is -2.05. The smallest absolute Gasteiger partial charge is 0.337 e. The third-order valence-electron chi connectivity index (χ3n) is 2.74. The molecule has 0 aliphatic heterocycles. The first-order valence-electron chi connectivity index (χ1n) is 6.23. The molecule has 0 aromatic heterocycles. The number of aromatic carboxylic acids is 1. The minimum absolute atomic E-state index is 0.131. The Labute approximate surface area is 117 Å². The van der Waals surface area contributed by atoms with Gasteiger partial charge in [-0.2, -0.15) is 0 Å². The number of carbonyl (C=O) groups is 1. The van der Waals surface area contributed by atoms with Gasteiger partial charge in [-0.25, -0.2) is 4.79 Å². The zero-order chi connectivity index (χ0) is 14.5. The van der Waals surface area contributed by atoms with Gasteiger partial charge in [-0.1, -0.05) is 12.1 Å². The van der Waals surface area contributed by atoms with Crippen molar-refractivity contribution in [3.05, 3.63) is 48.0 Å². The molecule has 0 fully saturated rings. The van der Waals surface area contributed by atoms with E-state index in [1.807, 2.05) is 25.1 Å². The number of rotatable bonds is 5. The van der Waals surface area contributed by atoms with Gasteiger partial charge in [-0.05, 0) is 31.2 Å². The fraction of sp³-hybridized carbons (Fsp3) is 0.133. The lowest BCUT2D eigenvalue weighted by Gasteiger charge is -2.13. The molecule has 5 heteroatoms. The minimum atomic E-state index is -1.03. The highest BCUT2D eigenvalue weighted by Gasteiger charge is 2.12. The third kappa shape index (κ3) is 3.00. The summed E-state index contributed by atoms with van der Waals surface area (Å²) in [6, 6.07) is 12.0. The Hall–Kier alpha value is -2.69. The number of hydrogen-bond acceptors (Lipinski definition) is 4. The van der Waals surface area contributed by atoms with Gasteiger partial charge < -0.3 is 20.9 Å². The van der Waals surface area contributed by atoms with E-state index in [0.717, 1.165) is 5.69 Å². The first-order chi connectivity index (χ1) is 9.61. The molecule has 2 aromatic carbocycles. The fourth-order valence-corrected chi connectivity index (χ4v) is 1.86. The summed E-state index contributed by atoms with van der Waals surface area (Å²) < 4.78 is 5.40. The number of ether oxygens (including phenoxy) is 1. The van der Waals surface area contributed by atoms with Gasteiger partial charge in [0.25, 0.3) is 0 Å². The molecule has 0 atom stereocenters. The first-order valence-corrected chi connectivity index (χ1v) is 6.23. The van der Waals surface area contributed by atoms with Crippen LogP contribution in [0.5, 0.6) is 5.75 Å². The number of nitrogens with two attached hydrogens (primary N) is 1. The molecule has 0 amide bonds. The lowest BCUT2D eigenvalue weighted by atomic mass is 10.1. The average Bonchev–Trinajstić information content (AvgIpc) is 2.41. The van der Waals surface area contributed by atoms with E-state index in [1.165, 1.54) is 6.07 Å². The van der Waals surface area contributed by atoms with E-state index in [9.17, 15) is 9.90 Å². The second-order valence-corrected chi connectivity index (χ2v) is 4.16. The molecule has 0 radical (unpaired) electrons. The number of hydrogen-bond donors (Lipinski definition) is 3. The summed E-state index contributed by atoms with van der Waals surface area (Å²) in [5, 5.41) is 12.2. The van der Waals surface area contributed by atoms with Crippen molar-refractivity contribution in [3.8, 4) is 5.75 Å².